The standard InChI is InChI=1S/C20H23FN4O3/c1-14(26)23-13-16-12-17(20(27)28-16)15-3-4-19(18(21)11-15)25-9-7-24(8-10-25)6-2-5-22/h3-4,11-12,16H,2,6-10,13H2,1H3,(H,23,26)/t16-/m1/s1. The average molecular weight is 386 g/mol. The minimum atomic E-state index is -0.546. The molecule has 148 valence electrons. The topological polar surface area (TPSA) is 85.7 Å². The number of esters is 1. The van der Waals surface area contributed by atoms with Crippen LogP contribution in [0.15, 0.2) is 24.3 Å². The van der Waals surface area contributed by atoms with E-state index in [0.29, 0.717) is 36.3 Å². The summed E-state index contributed by atoms with van der Waals surface area (Å²) in [5.74, 6) is -1.11. The van der Waals surface area contributed by atoms with Gasteiger partial charge in [0.05, 0.1) is 23.9 Å². The van der Waals surface area contributed by atoms with Crippen molar-refractivity contribution in [3.63, 3.8) is 0 Å². The number of amides is 1. The molecule has 2 aliphatic heterocycles. The number of benzene rings is 1. The normalized spacial score (nSPS) is 19.8. The first kappa shape index (κ1) is 19.8. The Kier molecular flexibility index (Phi) is 6.26. The lowest BCUT2D eigenvalue weighted by molar-refractivity contribution is -0.138. The van der Waals surface area contributed by atoms with Crippen LogP contribution in [0.1, 0.15) is 18.9 Å². The molecular formula is C20H23FN4O3. The molecule has 0 radical (unpaired) electrons. The molecule has 1 aromatic rings. The number of ether oxygens (including phenoxy) is 1. The van der Waals surface area contributed by atoms with Crippen LogP contribution in [-0.2, 0) is 14.3 Å². The van der Waals surface area contributed by atoms with Crippen molar-refractivity contribution in [3.05, 3.63) is 35.7 Å². The van der Waals surface area contributed by atoms with Gasteiger partial charge in [-0.2, -0.15) is 5.26 Å². The second-order valence-corrected chi connectivity index (χ2v) is 6.86. The highest BCUT2D eigenvalue weighted by Gasteiger charge is 2.28. The molecule has 0 unspecified atom stereocenters. The van der Waals surface area contributed by atoms with E-state index in [1.807, 2.05) is 4.90 Å². The average Bonchev–Trinajstić information content (AvgIpc) is 3.06. The second kappa shape index (κ2) is 8.85. The van der Waals surface area contributed by atoms with E-state index in [9.17, 15) is 14.0 Å². The number of rotatable bonds is 6. The van der Waals surface area contributed by atoms with Crippen LogP contribution in [0.4, 0.5) is 10.1 Å². The zero-order chi connectivity index (χ0) is 20.1. The summed E-state index contributed by atoms with van der Waals surface area (Å²) in [7, 11) is 0. The van der Waals surface area contributed by atoms with Crippen molar-refractivity contribution in [1.82, 2.24) is 10.2 Å². The lowest BCUT2D eigenvalue weighted by atomic mass is 10.0. The quantitative estimate of drug-likeness (QED) is 0.742. The molecule has 2 aliphatic rings. The zero-order valence-corrected chi connectivity index (χ0v) is 15.8. The van der Waals surface area contributed by atoms with Gasteiger partial charge >= 0.3 is 5.97 Å². The van der Waals surface area contributed by atoms with Gasteiger partial charge in [-0.15, -0.1) is 0 Å². The lowest BCUT2D eigenvalue weighted by Crippen LogP contribution is -2.46. The van der Waals surface area contributed by atoms with Crippen LogP contribution in [-0.4, -0.2) is 62.1 Å². The van der Waals surface area contributed by atoms with Crippen molar-refractivity contribution in [2.75, 3.05) is 44.2 Å². The highest BCUT2D eigenvalue weighted by Crippen LogP contribution is 2.28. The van der Waals surface area contributed by atoms with Gasteiger partial charge in [0.2, 0.25) is 5.91 Å². The van der Waals surface area contributed by atoms with E-state index in [2.05, 4.69) is 16.3 Å². The predicted octanol–water partition coefficient (Wildman–Crippen LogP) is 1.31. The summed E-state index contributed by atoms with van der Waals surface area (Å²) in [6.07, 6.45) is 1.56. The zero-order valence-electron chi connectivity index (χ0n) is 15.8. The van der Waals surface area contributed by atoms with Crippen molar-refractivity contribution in [1.29, 1.82) is 5.26 Å². The van der Waals surface area contributed by atoms with Crippen LogP contribution in [0.2, 0.25) is 0 Å². The van der Waals surface area contributed by atoms with Crippen molar-refractivity contribution in [3.8, 4) is 6.07 Å². The van der Waals surface area contributed by atoms with E-state index in [4.69, 9.17) is 10.00 Å². The first-order valence-corrected chi connectivity index (χ1v) is 9.29. The number of cyclic esters (lactones) is 1. The Morgan fingerprint density at radius 2 is 2.11 bits per heavy atom. The fourth-order valence-corrected chi connectivity index (χ4v) is 3.40. The molecule has 0 aromatic heterocycles. The number of nitrogens with zero attached hydrogens (tertiary/aromatic N) is 3. The third-order valence-electron chi connectivity index (χ3n) is 4.89. The molecule has 3 rings (SSSR count). The number of carbonyl (C=O) groups is 2. The van der Waals surface area contributed by atoms with Crippen LogP contribution >= 0.6 is 0 Å². The van der Waals surface area contributed by atoms with Gasteiger partial charge in [-0.25, -0.2) is 9.18 Å². The van der Waals surface area contributed by atoms with Crippen LogP contribution in [0.5, 0.6) is 0 Å². The Morgan fingerprint density at radius 3 is 2.75 bits per heavy atom. The van der Waals surface area contributed by atoms with Gasteiger partial charge in [-0.1, -0.05) is 6.07 Å². The minimum absolute atomic E-state index is 0.196. The molecule has 2 heterocycles. The Labute approximate surface area is 163 Å². The fourth-order valence-electron chi connectivity index (χ4n) is 3.40. The van der Waals surface area contributed by atoms with Crippen LogP contribution in [0.25, 0.3) is 5.57 Å². The third-order valence-corrected chi connectivity index (χ3v) is 4.89. The summed E-state index contributed by atoms with van der Waals surface area (Å²) < 4.78 is 19.9. The number of nitriles is 1. The smallest absolute Gasteiger partial charge is 0.339 e. The summed E-state index contributed by atoms with van der Waals surface area (Å²) >= 11 is 0. The van der Waals surface area contributed by atoms with E-state index in [-0.39, 0.29) is 18.3 Å². The van der Waals surface area contributed by atoms with Crippen molar-refractivity contribution >= 4 is 23.1 Å². The van der Waals surface area contributed by atoms with Gasteiger partial charge in [0.1, 0.15) is 11.9 Å². The van der Waals surface area contributed by atoms with Gasteiger partial charge in [0, 0.05) is 46.1 Å². The summed E-state index contributed by atoms with van der Waals surface area (Å²) in [5, 5.41) is 11.3. The third kappa shape index (κ3) is 4.67. The summed E-state index contributed by atoms with van der Waals surface area (Å²) in [6, 6.07) is 6.90. The SMILES string of the molecule is CC(=O)NC[C@H]1C=C(c2ccc(N3CCN(CCC#N)CC3)c(F)c2)C(=O)O1. The molecule has 1 fully saturated rings. The molecule has 1 atom stereocenters. The van der Waals surface area contributed by atoms with E-state index < -0.39 is 12.1 Å². The predicted molar refractivity (Wildman–Crippen MR) is 102 cm³/mol. The molecule has 8 heteroatoms. The molecule has 0 saturated carbocycles. The van der Waals surface area contributed by atoms with Crippen molar-refractivity contribution in [2.24, 2.45) is 0 Å². The monoisotopic (exact) mass is 386 g/mol. The molecule has 1 aromatic carbocycles. The maximum absolute atomic E-state index is 14.7. The van der Waals surface area contributed by atoms with Gasteiger partial charge in [0.25, 0.3) is 0 Å². The van der Waals surface area contributed by atoms with Crippen LogP contribution in [0, 0.1) is 17.1 Å². The Balaban J connectivity index is 1.66. The van der Waals surface area contributed by atoms with E-state index >= 15 is 0 Å². The number of hydrogen-bond acceptors (Lipinski definition) is 6. The molecule has 1 saturated heterocycles. The second-order valence-electron chi connectivity index (χ2n) is 6.86. The molecular weight excluding hydrogens is 363 g/mol. The fraction of sp³-hybridized carbons (Fsp3) is 0.450. The molecule has 28 heavy (non-hydrogen) atoms. The molecule has 0 spiro atoms. The Bertz CT molecular complexity index is 825. The lowest BCUT2D eigenvalue weighted by Gasteiger charge is -2.36. The Hall–Kier alpha value is -2.92. The first-order chi connectivity index (χ1) is 13.5. The minimum Gasteiger partial charge on any atom is -0.453 e. The molecule has 7 nitrogen and oxygen atoms in total. The molecule has 0 aliphatic carbocycles. The number of anilines is 1. The van der Waals surface area contributed by atoms with Gasteiger partial charge in [-0.05, 0) is 23.8 Å². The first-order valence-electron chi connectivity index (χ1n) is 9.29. The number of halogens is 1. The molecule has 1 N–H and O–H groups in total. The number of nitrogens with one attached hydrogen (secondary N) is 1. The maximum Gasteiger partial charge on any atom is 0.339 e. The Morgan fingerprint density at radius 1 is 1.36 bits per heavy atom. The van der Waals surface area contributed by atoms with Gasteiger partial charge < -0.3 is 15.0 Å². The van der Waals surface area contributed by atoms with Crippen LogP contribution < -0.4 is 10.2 Å². The summed E-state index contributed by atoms with van der Waals surface area (Å²) in [4.78, 5) is 27.3. The van der Waals surface area contributed by atoms with Gasteiger partial charge in [-0.3, -0.25) is 9.69 Å². The van der Waals surface area contributed by atoms with Crippen molar-refractivity contribution < 1.29 is 18.7 Å². The van der Waals surface area contributed by atoms with Gasteiger partial charge in [0.15, 0.2) is 0 Å². The number of carbonyl (C=O) groups excluding carboxylic acids is 2. The van der Waals surface area contributed by atoms with E-state index in [1.54, 1.807) is 18.2 Å². The van der Waals surface area contributed by atoms with E-state index in [1.165, 1.54) is 13.0 Å². The molecule has 0 bridgehead atoms. The number of hydrogen-bond donors (Lipinski definition) is 1. The highest BCUT2D eigenvalue weighted by molar-refractivity contribution is 6.18. The largest absolute Gasteiger partial charge is 0.453 e. The van der Waals surface area contributed by atoms with E-state index in [0.717, 1.165) is 19.6 Å². The highest BCUT2D eigenvalue weighted by atomic mass is 19.1. The summed E-state index contributed by atoms with van der Waals surface area (Å²) in [5.41, 5.74) is 1.27. The summed E-state index contributed by atoms with van der Waals surface area (Å²) in [6.45, 7) is 5.26. The van der Waals surface area contributed by atoms with Crippen LogP contribution in [0.3, 0.4) is 0 Å². The van der Waals surface area contributed by atoms with Crippen molar-refractivity contribution in [2.45, 2.75) is 19.4 Å². The molecule has 1 amide bonds. The number of piperazine rings is 1. The maximum atomic E-state index is 14.7.